The van der Waals surface area contributed by atoms with Crippen molar-refractivity contribution in [1.82, 2.24) is 4.31 Å². The zero-order chi connectivity index (χ0) is 22.9. The lowest BCUT2D eigenvalue weighted by atomic mass is 10.1. The number of para-hydroxylation sites is 1. The molecule has 1 heterocycles. The van der Waals surface area contributed by atoms with Crippen molar-refractivity contribution in [3.05, 3.63) is 94.0 Å². The number of amides is 1. The Kier molecular flexibility index (Phi) is 6.58. The lowest BCUT2D eigenvalue weighted by molar-refractivity contribution is -0.119. The number of carbonyl (C=O) groups excluding carboxylic acids is 1. The summed E-state index contributed by atoms with van der Waals surface area (Å²) in [5.74, 6) is -0.285. The van der Waals surface area contributed by atoms with Crippen LogP contribution in [0.5, 0.6) is 0 Å². The van der Waals surface area contributed by atoms with E-state index in [4.69, 9.17) is 23.2 Å². The molecule has 0 aromatic heterocycles. The van der Waals surface area contributed by atoms with E-state index in [0.717, 1.165) is 17.7 Å². The van der Waals surface area contributed by atoms with Gasteiger partial charge in [0.2, 0.25) is 15.9 Å². The maximum Gasteiger partial charge on any atom is 0.243 e. The third-order valence-corrected chi connectivity index (χ3v) is 7.97. The molecule has 0 spiro atoms. The first kappa shape index (κ1) is 22.8. The Morgan fingerprint density at radius 3 is 2.38 bits per heavy atom. The molecule has 0 radical (unpaired) electrons. The van der Waals surface area contributed by atoms with Gasteiger partial charge in [0.1, 0.15) is 0 Å². The zero-order valence-electron chi connectivity index (χ0n) is 17.4. The third-order valence-electron chi connectivity index (χ3n) is 5.54. The van der Waals surface area contributed by atoms with Crippen LogP contribution in [0, 0.1) is 0 Å². The highest BCUT2D eigenvalue weighted by Crippen LogP contribution is 2.32. The molecule has 5 nitrogen and oxygen atoms in total. The van der Waals surface area contributed by atoms with Crippen molar-refractivity contribution in [3.8, 4) is 0 Å². The molecule has 0 saturated heterocycles. The fourth-order valence-electron chi connectivity index (χ4n) is 3.97. The van der Waals surface area contributed by atoms with E-state index in [0.29, 0.717) is 15.6 Å². The summed E-state index contributed by atoms with van der Waals surface area (Å²) in [6.45, 7) is 1.62. The molecule has 0 N–H and O–H groups in total. The average Bonchev–Trinajstić information content (AvgIpc) is 3.10. The van der Waals surface area contributed by atoms with E-state index in [1.807, 2.05) is 31.2 Å². The SMILES string of the molecule is C[C@@H]1Cc2ccccc2N1C(=O)CN(Cc1ccccc1Cl)S(=O)(=O)c1ccc(Cl)cc1. The highest BCUT2D eigenvalue weighted by Gasteiger charge is 2.34. The number of halogens is 2. The Hall–Kier alpha value is -2.38. The van der Waals surface area contributed by atoms with Gasteiger partial charge in [-0.2, -0.15) is 4.31 Å². The van der Waals surface area contributed by atoms with Crippen LogP contribution in [0.25, 0.3) is 0 Å². The van der Waals surface area contributed by atoms with Gasteiger partial charge in [0.15, 0.2) is 0 Å². The van der Waals surface area contributed by atoms with E-state index >= 15 is 0 Å². The van der Waals surface area contributed by atoms with Crippen molar-refractivity contribution in [2.45, 2.75) is 30.8 Å². The zero-order valence-corrected chi connectivity index (χ0v) is 19.7. The summed E-state index contributed by atoms with van der Waals surface area (Å²) >= 11 is 12.2. The number of carbonyl (C=O) groups is 1. The van der Waals surface area contributed by atoms with Crippen LogP contribution in [-0.2, 0) is 27.8 Å². The van der Waals surface area contributed by atoms with Crippen LogP contribution in [0.2, 0.25) is 10.0 Å². The molecule has 1 aliphatic heterocycles. The molecule has 4 rings (SSSR count). The topological polar surface area (TPSA) is 57.7 Å². The Labute approximate surface area is 198 Å². The second kappa shape index (κ2) is 9.24. The Balaban J connectivity index is 1.69. The Morgan fingerprint density at radius 2 is 1.66 bits per heavy atom. The van der Waals surface area contributed by atoms with E-state index in [1.165, 1.54) is 28.6 Å². The highest BCUT2D eigenvalue weighted by molar-refractivity contribution is 7.89. The number of nitrogens with zero attached hydrogens (tertiary/aromatic N) is 2. The predicted molar refractivity (Wildman–Crippen MR) is 128 cm³/mol. The number of fused-ring (bicyclic) bond motifs is 1. The number of hydrogen-bond donors (Lipinski definition) is 0. The molecule has 32 heavy (non-hydrogen) atoms. The van der Waals surface area contributed by atoms with Crippen LogP contribution in [0.3, 0.4) is 0 Å². The number of rotatable bonds is 6. The number of benzene rings is 3. The first-order valence-corrected chi connectivity index (χ1v) is 12.4. The van der Waals surface area contributed by atoms with Crippen molar-refractivity contribution in [1.29, 1.82) is 0 Å². The summed E-state index contributed by atoms with van der Waals surface area (Å²) in [5, 5.41) is 0.872. The molecule has 1 amide bonds. The Bertz CT molecular complexity index is 1250. The quantitative estimate of drug-likeness (QED) is 0.481. The normalized spacial score (nSPS) is 15.8. The van der Waals surface area contributed by atoms with Gasteiger partial charge < -0.3 is 4.90 Å². The van der Waals surface area contributed by atoms with Gasteiger partial charge in [0.05, 0.1) is 11.4 Å². The first-order valence-electron chi connectivity index (χ1n) is 10.2. The number of anilines is 1. The summed E-state index contributed by atoms with van der Waals surface area (Å²) in [7, 11) is -3.98. The van der Waals surface area contributed by atoms with Crippen LogP contribution in [0.4, 0.5) is 5.69 Å². The first-order chi connectivity index (χ1) is 15.3. The van der Waals surface area contributed by atoms with Gasteiger partial charge in [-0.15, -0.1) is 0 Å². The van der Waals surface area contributed by atoms with Gasteiger partial charge in [0, 0.05) is 28.3 Å². The fraction of sp³-hybridized carbons (Fsp3) is 0.208. The molecule has 0 fully saturated rings. The standard InChI is InChI=1S/C24H22Cl2N2O3S/c1-17-14-18-6-3-5-9-23(18)28(17)24(29)16-27(15-19-7-2-4-8-22(19)26)32(30,31)21-12-10-20(25)11-13-21/h2-13,17H,14-16H2,1H3/t17-/m1/s1. The van der Waals surface area contributed by atoms with Crippen LogP contribution in [0.1, 0.15) is 18.1 Å². The minimum absolute atomic E-state index is 0.0275. The van der Waals surface area contributed by atoms with Crippen LogP contribution >= 0.6 is 23.2 Å². The number of hydrogen-bond acceptors (Lipinski definition) is 3. The minimum atomic E-state index is -3.98. The minimum Gasteiger partial charge on any atom is -0.308 e. The molecule has 1 atom stereocenters. The molecular weight excluding hydrogens is 467 g/mol. The summed E-state index contributed by atoms with van der Waals surface area (Å²) < 4.78 is 28.2. The molecule has 1 aliphatic rings. The predicted octanol–water partition coefficient (Wildman–Crippen LogP) is 5.16. The lowest BCUT2D eigenvalue weighted by Gasteiger charge is -2.28. The summed E-state index contributed by atoms with van der Waals surface area (Å²) in [6, 6.07) is 20.6. The van der Waals surface area contributed by atoms with Crippen LogP contribution < -0.4 is 4.90 Å². The Morgan fingerprint density at radius 1 is 1.00 bits per heavy atom. The van der Waals surface area contributed by atoms with E-state index in [9.17, 15) is 13.2 Å². The van der Waals surface area contributed by atoms with Crippen molar-refractivity contribution in [2.24, 2.45) is 0 Å². The van der Waals surface area contributed by atoms with Gasteiger partial charge in [-0.1, -0.05) is 59.6 Å². The van der Waals surface area contributed by atoms with Crippen molar-refractivity contribution < 1.29 is 13.2 Å². The summed E-state index contributed by atoms with van der Waals surface area (Å²) in [5.41, 5.74) is 2.52. The molecule has 0 aliphatic carbocycles. The van der Waals surface area contributed by atoms with E-state index in [1.54, 1.807) is 29.2 Å². The van der Waals surface area contributed by atoms with Gasteiger partial charge in [-0.25, -0.2) is 8.42 Å². The fourth-order valence-corrected chi connectivity index (χ4v) is 5.66. The van der Waals surface area contributed by atoms with Crippen molar-refractivity contribution >= 4 is 44.8 Å². The summed E-state index contributed by atoms with van der Waals surface area (Å²) in [6.07, 6.45) is 0.733. The van der Waals surface area contributed by atoms with E-state index in [-0.39, 0.29) is 29.9 Å². The second-order valence-electron chi connectivity index (χ2n) is 7.76. The molecule has 8 heteroatoms. The number of sulfonamides is 1. The van der Waals surface area contributed by atoms with Crippen molar-refractivity contribution in [2.75, 3.05) is 11.4 Å². The highest BCUT2D eigenvalue weighted by atomic mass is 35.5. The maximum atomic E-state index is 13.5. The average molecular weight is 489 g/mol. The molecule has 3 aromatic rings. The van der Waals surface area contributed by atoms with Gasteiger partial charge in [-0.3, -0.25) is 4.79 Å². The van der Waals surface area contributed by atoms with E-state index in [2.05, 4.69) is 0 Å². The molecule has 3 aromatic carbocycles. The monoisotopic (exact) mass is 488 g/mol. The molecule has 166 valence electrons. The van der Waals surface area contributed by atoms with Gasteiger partial charge in [0.25, 0.3) is 0 Å². The van der Waals surface area contributed by atoms with Crippen LogP contribution in [-0.4, -0.2) is 31.2 Å². The molecule has 0 saturated carbocycles. The molecular formula is C24H22Cl2N2O3S. The van der Waals surface area contributed by atoms with E-state index < -0.39 is 10.0 Å². The molecule has 0 bridgehead atoms. The molecule has 0 unspecified atom stereocenters. The third kappa shape index (κ3) is 4.55. The second-order valence-corrected chi connectivity index (χ2v) is 10.5. The largest absolute Gasteiger partial charge is 0.308 e. The van der Waals surface area contributed by atoms with Gasteiger partial charge in [-0.05, 0) is 60.9 Å². The van der Waals surface area contributed by atoms with Crippen molar-refractivity contribution in [3.63, 3.8) is 0 Å². The maximum absolute atomic E-state index is 13.5. The van der Waals surface area contributed by atoms with Gasteiger partial charge >= 0.3 is 0 Å². The summed E-state index contributed by atoms with van der Waals surface area (Å²) in [4.78, 5) is 15.2. The van der Waals surface area contributed by atoms with Crippen LogP contribution in [0.15, 0.2) is 77.7 Å². The lowest BCUT2D eigenvalue weighted by Crippen LogP contribution is -2.44. The smallest absolute Gasteiger partial charge is 0.243 e.